The first-order valence-corrected chi connectivity index (χ1v) is 9.25. The highest BCUT2D eigenvalue weighted by Crippen LogP contribution is 2.40. The minimum atomic E-state index is -0.142. The zero-order valence-electron chi connectivity index (χ0n) is 17.8. The fourth-order valence-corrected chi connectivity index (χ4v) is 3.05. The molecule has 27 heavy (non-hydrogen) atoms. The van der Waals surface area contributed by atoms with Gasteiger partial charge in [0, 0.05) is 11.1 Å². The molecule has 0 saturated heterocycles. The fourth-order valence-electron chi connectivity index (χ4n) is 3.05. The zero-order valence-corrected chi connectivity index (χ0v) is 17.8. The lowest BCUT2D eigenvalue weighted by Crippen LogP contribution is -2.17. The standard InChI is InChI=1S/C24H32O3/c1-23(2,3)18-13-17(14-19(22(18)25)24(4,5)6)10-9-16-11-12-20(26-7)21(15-16)27-8/h9-15,25H,1-8H3/b10-9+. The number of aromatic hydroxyl groups is 1. The molecule has 2 aromatic carbocycles. The van der Waals surface area contributed by atoms with E-state index < -0.39 is 0 Å². The molecule has 3 nitrogen and oxygen atoms in total. The van der Waals surface area contributed by atoms with Gasteiger partial charge in [0.2, 0.25) is 0 Å². The van der Waals surface area contributed by atoms with Gasteiger partial charge >= 0.3 is 0 Å². The number of hydrogen-bond acceptors (Lipinski definition) is 3. The summed E-state index contributed by atoms with van der Waals surface area (Å²) in [6.45, 7) is 12.7. The van der Waals surface area contributed by atoms with Crippen LogP contribution in [0.15, 0.2) is 30.3 Å². The lowest BCUT2D eigenvalue weighted by molar-refractivity contribution is 0.355. The molecule has 3 heteroatoms. The van der Waals surface area contributed by atoms with Crippen molar-refractivity contribution in [3.8, 4) is 17.2 Å². The van der Waals surface area contributed by atoms with Crippen LogP contribution in [0.2, 0.25) is 0 Å². The van der Waals surface area contributed by atoms with Crippen molar-refractivity contribution in [2.45, 2.75) is 52.4 Å². The van der Waals surface area contributed by atoms with Gasteiger partial charge in [-0.3, -0.25) is 0 Å². The Morgan fingerprint density at radius 1 is 0.704 bits per heavy atom. The van der Waals surface area contributed by atoms with Crippen LogP contribution >= 0.6 is 0 Å². The predicted molar refractivity (Wildman–Crippen MR) is 114 cm³/mol. The molecule has 0 spiro atoms. The minimum Gasteiger partial charge on any atom is -0.507 e. The van der Waals surface area contributed by atoms with Gasteiger partial charge in [0.25, 0.3) is 0 Å². The van der Waals surface area contributed by atoms with Gasteiger partial charge < -0.3 is 14.6 Å². The Balaban J connectivity index is 2.51. The monoisotopic (exact) mass is 368 g/mol. The molecule has 0 aliphatic carbocycles. The largest absolute Gasteiger partial charge is 0.507 e. The maximum absolute atomic E-state index is 10.8. The van der Waals surface area contributed by atoms with Gasteiger partial charge in [-0.2, -0.15) is 0 Å². The summed E-state index contributed by atoms with van der Waals surface area (Å²) in [5, 5.41) is 10.8. The Morgan fingerprint density at radius 3 is 1.63 bits per heavy atom. The van der Waals surface area contributed by atoms with Crippen molar-refractivity contribution in [3.63, 3.8) is 0 Å². The smallest absolute Gasteiger partial charge is 0.161 e. The lowest BCUT2D eigenvalue weighted by Gasteiger charge is -2.27. The Morgan fingerprint density at radius 2 is 1.19 bits per heavy atom. The van der Waals surface area contributed by atoms with Crippen LogP contribution in [-0.2, 0) is 10.8 Å². The number of phenolic OH excluding ortho intramolecular Hbond substituents is 1. The predicted octanol–water partition coefficient (Wildman–Crippen LogP) is 6.17. The van der Waals surface area contributed by atoms with Crippen molar-refractivity contribution in [1.29, 1.82) is 0 Å². The second-order valence-electron chi connectivity index (χ2n) is 8.91. The third-order valence-electron chi connectivity index (χ3n) is 4.62. The van der Waals surface area contributed by atoms with E-state index in [9.17, 15) is 5.11 Å². The Hall–Kier alpha value is -2.42. The maximum Gasteiger partial charge on any atom is 0.161 e. The first kappa shape index (κ1) is 20.9. The topological polar surface area (TPSA) is 38.7 Å². The van der Waals surface area contributed by atoms with Crippen molar-refractivity contribution in [1.82, 2.24) is 0 Å². The van der Waals surface area contributed by atoms with E-state index in [1.807, 2.05) is 24.3 Å². The highest BCUT2D eigenvalue weighted by Gasteiger charge is 2.26. The van der Waals surface area contributed by atoms with Crippen LogP contribution in [0.4, 0.5) is 0 Å². The molecule has 1 N–H and O–H groups in total. The van der Waals surface area contributed by atoms with E-state index in [1.165, 1.54) is 0 Å². The van der Waals surface area contributed by atoms with Crippen molar-refractivity contribution < 1.29 is 14.6 Å². The summed E-state index contributed by atoms with van der Waals surface area (Å²) in [6.07, 6.45) is 4.12. The van der Waals surface area contributed by atoms with Crippen molar-refractivity contribution in [3.05, 3.63) is 52.6 Å². The molecule has 0 aromatic heterocycles. The molecule has 0 aliphatic heterocycles. The van der Waals surface area contributed by atoms with Gasteiger partial charge in [0.1, 0.15) is 5.75 Å². The van der Waals surface area contributed by atoms with Gasteiger partial charge in [-0.25, -0.2) is 0 Å². The highest BCUT2D eigenvalue weighted by atomic mass is 16.5. The van der Waals surface area contributed by atoms with Crippen LogP contribution in [0.3, 0.4) is 0 Å². The summed E-state index contributed by atoms with van der Waals surface area (Å²) in [4.78, 5) is 0. The van der Waals surface area contributed by atoms with E-state index in [0.29, 0.717) is 17.2 Å². The zero-order chi connectivity index (χ0) is 20.4. The number of ether oxygens (including phenoxy) is 2. The van der Waals surface area contributed by atoms with E-state index in [-0.39, 0.29) is 10.8 Å². The molecule has 0 fully saturated rings. The summed E-state index contributed by atoms with van der Waals surface area (Å²) in [5.74, 6) is 1.82. The second-order valence-corrected chi connectivity index (χ2v) is 8.91. The van der Waals surface area contributed by atoms with Crippen LogP contribution < -0.4 is 9.47 Å². The summed E-state index contributed by atoms with van der Waals surface area (Å²) in [5.41, 5.74) is 3.73. The molecule has 0 amide bonds. The van der Waals surface area contributed by atoms with Crippen LogP contribution in [0.25, 0.3) is 12.2 Å². The normalized spacial score (nSPS) is 12.4. The quantitative estimate of drug-likeness (QED) is 0.655. The number of hydrogen-bond donors (Lipinski definition) is 1. The number of benzene rings is 2. The van der Waals surface area contributed by atoms with Gasteiger partial charge in [-0.05, 0) is 46.2 Å². The number of phenols is 1. The van der Waals surface area contributed by atoms with Crippen LogP contribution in [0, 0.1) is 0 Å². The Kier molecular flexibility index (Phi) is 5.94. The average Bonchev–Trinajstić information content (AvgIpc) is 2.58. The Labute approximate surface area is 163 Å². The fraction of sp³-hybridized carbons (Fsp3) is 0.417. The van der Waals surface area contributed by atoms with Crippen molar-refractivity contribution >= 4 is 12.2 Å². The molecule has 2 rings (SSSR count). The summed E-state index contributed by atoms with van der Waals surface area (Å²) >= 11 is 0. The van der Waals surface area contributed by atoms with Crippen LogP contribution in [0.5, 0.6) is 17.2 Å². The van der Waals surface area contributed by atoms with Crippen molar-refractivity contribution in [2.75, 3.05) is 14.2 Å². The highest BCUT2D eigenvalue weighted by molar-refractivity contribution is 5.72. The molecule has 0 radical (unpaired) electrons. The lowest BCUT2D eigenvalue weighted by atomic mass is 9.78. The van der Waals surface area contributed by atoms with Gasteiger partial charge in [0.15, 0.2) is 11.5 Å². The van der Waals surface area contributed by atoms with E-state index in [1.54, 1.807) is 14.2 Å². The van der Waals surface area contributed by atoms with Crippen LogP contribution in [-0.4, -0.2) is 19.3 Å². The number of rotatable bonds is 4. The van der Waals surface area contributed by atoms with Crippen molar-refractivity contribution in [2.24, 2.45) is 0 Å². The molecule has 0 atom stereocenters. The first-order valence-electron chi connectivity index (χ1n) is 9.25. The maximum atomic E-state index is 10.8. The minimum absolute atomic E-state index is 0.142. The molecule has 0 saturated carbocycles. The SMILES string of the molecule is COc1ccc(/C=C/c2cc(C(C)(C)C)c(O)c(C(C)(C)C)c2)cc1OC. The second kappa shape index (κ2) is 7.67. The van der Waals surface area contributed by atoms with Gasteiger partial charge in [0.05, 0.1) is 14.2 Å². The third-order valence-corrected chi connectivity index (χ3v) is 4.62. The molecule has 0 bridgehead atoms. The molecular formula is C24H32O3. The van der Waals surface area contributed by atoms with E-state index in [4.69, 9.17) is 9.47 Å². The van der Waals surface area contributed by atoms with E-state index in [2.05, 4.69) is 59.8 Å². The first-order chi connectivity index (χ1) is 12.5. The molecule has 146 valence electrons. The molecule has 0 heterocycles. The van der Waals surface area contributed by atoms with E-state index >= 15 is 0 Å². The molecule has 0 aliphatic rings. The van der Waals surface area contributed by atoms with Gasteiger partial charge in [-0.15, -0.1) is 0 Å². The number of methoxy groups -OCH3 is 2. The van der Waals surface area contributed by atoms with E-state index in [0.717, 1.165) is 22.3 Å². The summed E-state index contributed by atoms with van der Waals surface area (Å²) < 4.78 is 10.7. The van der Waals surface area contributed by atoms with Crippen LogP contribution in [0.1, 0.15) is 63.8 Å². The molecule has 2 aromatic rings. The third kappa shape index (κ3) is 4.85. The Bertz CT molecular complexity index is 799. The average molecular weight is 369 g/mol. The molecule has 0 unspecified atom stereocenters. The van der Waals surface area contributed by atoms with Gasteiger partial charge in [-0.1, -0.05) is 59.8 Å². The summed E-state index contributed by atoms with van der Waals surface area (Å²) in [7, 11) is 3.27. The molecular weight excluding hydrogens is 336 g/mol. The summed E-state index contributed by atoms with van der Waals surface area (Å²) in [6, 6.07) is 9.98.